The fraction of sp³-hybridized carbons (Fsp3) is 0.136. The summed E-state index contributed by atoms with van der Waals surface area (Å²) >= 11 is 0. The van der Waals surface area contributed by atoms with Crippen LogP contribution in [0.5, 0.6) is 0 Å². The molecule has 50 heavy (non-hydrogen) atoms. The molecule has 248 valence electrons. The Balaban J connectivity index is 0.000000157. The molecule has 4 N–H and O–H groups in total. The zero-order valence-corrected chi connectivity index (χ0v) is 27.7. The quantitative estimate of drug-likeness (QED) is 0.106. The standard InChI is InChI=1S/2C22H20N2O/c2*25-21-20(16-23-21)24-22(17-10-4-1-5-11-17,18-12-6-2-7-13-18)19-14-8-3-9-15-19/h2*1-15,20,24H,16H2,(H,23,25)/t20-;/m0./s1. The van der Waals surface area contributed by atoms with E-state index < -0.39 is 11.1 Å². The van der Waals surface area contributed by atoms with E-state index in [2.05, 4.69) is 94.1 Å². The van der Waals surface area contributed by atoms with Gasteiger partial charge < -0.3 is 10.6 Å². The summed E-state index contributed by atoms with van der Waals surface area (Å²) in [6.07, 6.45) is 0. The Morgan fingerprint density at radius 2 is 0.560 bits per heavy atom. The lowest BCUT2D eigenvalue weighted by Crippen LogP contribution is -2.65. The van der Waals surface area contributed by atoms with Gasteiger partial charge in [-0.3, -0.25) is 20.2 Å². The molecule has 2 amide bonds. The van der Waals surface area contributed by atoms with E-state index in [9.17, 15) is 9.59 Å². The summed E-state index contributed by atoms with van der Waals surface area (Å²) in [5.74, 6) is 0.0966. The molecule has 0 radical (unpaired) electrons. The number of nitrogens with one attached hydrogen (secondary N) is 4. The van der Waals surface area contributed by atoms with Gasteiger partial charge >= 0.3 is 0 Å². The number of hydrogen-bond donors (Lipinski definition) is 4. The first-order chi connectivity index (χ1) is 24.6. The molecular formula is C44H40N4O2. The summed E-state index contributed by atoms with van der Waals surface area (Å²) in [6.45, 7) is 1.29. The van der Waals surface area contributed by atoms with Crippen LogP contribution in [0.25, 0.3) is 0 Å². The number of carbonyl (C=O) groups excluding carboxylic acids is 2. The number of hydrogen-bond acceptors (Lipinski definition) is 4. The smallest absolute Gasteiger partial charge is 0.239 e. The molecule has 6 aromatic rings. The fourth-order valence-corrected chi connectivity index (χ4v) is 6.96. The van der Waals surface area contributed by atoms with Crippen LogP contribution >= 0.6 is 0 Å². The molecule has 2 fully saturated rings. The SMILES string of the molecule is O=C1NCC1NC(c1ccccc1)(c1ccccc1)c1ccccc1.O=C1NC[C@@H]1NC(c1ccccc1)(c1ccccc1)c1ccccc1. The molecule has 6 aromatic carbocycles. The predicted molar refractivity (Wildman–Crippen MR) is 198 cm³/mol. The van der Waals surface area contributed by atoms with Crippen molar-refractivity contribution >= 4 is 11.8 Å². The van der Waals surface area contributed by atoms with Crippen molar-refractivity contribution in [2.24, 2.45) is 0 Å². The van der Waals surface area contributed by atoms with E-state index in [0.29, 0.717) is 13.1 Å². The highest BCUT2D eigenvalue weighted by molar-refractivity contribution is 5.88. The predicted octanol–water partition coefficient (Wildman–Crippen LogP) is 6.13. The second-order valence-electron chi connectivity index (χ2n) is 12.6. The summed E-state index contributed by atoms with van der Waals surface area (Å²) in [4.78, 5) is 24.1. The van der Waals surface area contributed by atoms with Crippen LogP contribution in [0.3, 0.4) is 0 Å². The maximum Gasteiger partial charge on any atom is 0.239 e. The lowest BCUT2D eigenvalue weighted by Gasteiger charge is -2.42. The largest absolute Gasteiger partial charge is 0.353 e. The zero-order valence-electron chi connectivity index (χ0n) is 27.7. The minimum absolute atomic E-state index is 0.0483. The van der Waals surface area contributed by atoms with Gasteiger partial charge in [-0.1, -0.05) is 182 Å². The molecule has 2 saturated heterocycles. The van der Waals surface area contributed by atoms with Crippen molar-refractivity contribution in [1.82, 2.24) is 21.3 Å². The summed E-state index contributed by atoms with van der Waals surface area (Å²) in [5.41, 5.74) is 5.55. The Kier molecular flexibility index (Phi) is 9.65. The van der Waals surface area contributed by atoms with E-state index in [1.807, 2.05) is 109 Å². The first-order valence-corrected chi connectivity index (χ1v) is 17.1. The maximum atomic E-state index is 12.0. The minimum atomic E-state index is -0.577. The van der Waals surface area contributed by atoms with Gasteiger partial charge in [0.15, 0.2) is 0 Å². The highest BCUT2D eigenvalue weighted by Crippen LogP contribution is 2.39. The molecule has 0 saturated carbocycles. The molecule has 8 rings (SSSR count). The first kappa shape index (κ1) is 32.7. The van der Waals surface area contributed by atoms with Gasteiger partial charge in [0.25, 0.3) is 0 Å². The topological polar surface area (TPSA) is 82.3 Å². The van der Waals surface area contributed by atoms with E-state index in [0.717, 1.165) is 33.4 Å². The van der Waals surface area contributed by atoms with E-state index in [1.54, 1.807) is 0 Å². The van der Waals surface area contributed by atoms with Crippen molar-refractivity contribution in [3.05, 3.63) is 215 Å². The van der Waals surface area contributed by atoms with Crippen LogP contribution in [0.1, 0.15) is 33.4 Å². The highest BCUT2D eigenvalue weighted by Gasteiger charge is 2.43. The molecule has 2 aliphatic heterocycles. The minimum Gasteiger partial charge on any atom is -0.353 e. The van der Waals surface area contributed by atoms with Crippen LogP contribution < -0.4 is 21.3 Å². The Morgan fingerprint density at radius 1 is 0.360 bits per heavy atom. The molecule has 0 bridgehead atoms. The number of benzene rings is 6. The van der Waals surface area contributed by atoms with Crippen LogP contribution in [0.15, 0.2) is 182 Å². The molecule has 2 atom stereocenters. The van der Waals surface area contributed by atoms with Gasteiger partial charge in [0, 0.05) is 13.1 Å². The van der Waals surface area contributed by atoms with Crippen molar-refractivity contribution in [3.63, 3.8) is 0 Å². The summed E-state index contributed by atoms with van der Waals surface area (Å²) < 4.78 is 0. The number of β-lactam (4-membered cyclic amide) rings is 2. The van der Waals surface area contributed by atoms with Gasteiger partial charge in [-0.15, -0.1) is 0 Å². The Bertz CT molecular complexity index is 1650. The highest BCUT2D eigenvalue weighted by atomic mass is 16.2. The van der Waals surface area contributed by atoms with Gasteiger partial charge in [0.05, 0.1) is 11.1 Å². The number of amides is 2. The third kappa shape index (κ3) is 6.34. The maximum absolute atomic E-state index is 12.0. The van der Waals surface area contributed by atoms with E-state index >= 15 is 0 Å². The molecule has 2 heterocycles. The first-order valence-electron chi connectivity index (χ1n) is 17.1. The molecule has 0 aliphatic carbocycles. The van der Waals surface area contributed by atoms with Gasteiger partial charge in [-0.05, 0) is 33.4 Å². The average molecular weight is 657 g/mol. The molecule has 6 heteroatoms. The van der Waals surface area contributed by atoms with Crippen LogP contribution in [-0.4, -0.2) is 37.0 Å². The third-order valence-electron chi connectivity index (χ3n) is 9.62. The van der Waals surface area contributed by atoms with E-state index in [1.165, 1.54) is 0 Å². The average Bonchev–Trinajstić information content (AvgIpc) is 3.20. The lowest BCUT2D eigenvalue weighted by atomic mass is 9.76. The molecule has 0 aromatic heterocycles. The monoisotopic (exact) mass is 656 g/mol. The third-order valence-corrected chi connectivity index (χ3v) is 9.62. The Hall–Kier alpha value is -5.82. The second kappa shape index (κ2) is 14.7. The van der Waals surface area contributed by atoms with Crippen molar-refractivity contribution in [3.8, 4) is 0 Å². The van der Waals surface area contributed by atoms with Crippen LogP contribution in [0.4, 0.5) is 0 Å². The van der Waals surface area contributed by atoms with Gasteiger partial charge in [0.2, 0.25) is 11.8 Å². The van der Waals surface area contributed by atoms with Gasteiger partial charge in [-0.25, -0.2) is 0 Å². The normalized spacial score (nSPS) is 16.8. The number of rotatable bonds is 10. The molecule has 1 unspecified atom stereocenters. The van der Waals surface area contributed by atoms with Gasteiger partial charge in [-0.2, -0.15) is 0 Å². The van der Waals surface area contributed by atoms with Crippen molar-refractivity contribution in [2.75, 3.05) is 13.1 Å². The molecule has 2 aliphatic rings. The number of carbonyl (C=O) groups is 2. The fourth-order valence-electron chi connectivity index (χ4n) is 6.96. The Labute approximate surface area is 293 Å². The van der Waals surface area contributed by atoms with Crippen molar-refractivity contribution in [2.45, 2.75) is 23.2 Å². The second-order valence-corrected chi connectivity index (χ2v) is 12.6. The summed E-state index contributed by atoms with van der Waals surface area (Å²) in [6, 6.07) is 61.5. The molecule has 0 spiro atoms. The van der Waals surface area contributed by atoms with Crippen LogP contribution in [-0.2, 0) is 20.7 Å². The van der Waals surface area contributed by atoms with Crippen molar-refractivity contribution in [1.29, 1.82) is 0 Å². The summed E-state index contributed by atoms with van der Waals surface area (Å²) in [7, 11) is 0. The van der Waals surface area contributed by atoms with Crippen LogP contribution in [0, 0.1) is 0 Å². The lowest BCUT2D eigenvalue weighted by molar-refractivity contribution is -0.129. The van der Waals surface area contributed by atoms with E-state index in [-0.39, 0.29) is 23.9 Å². The van der Waals surface area contributed by atoms with Crippen LogP contribution in [0.2, 0.25) is 0 Å². The van der Waals surface area contributed by atoms with E-state index in [4.69, 9.17) is 0 Å². The van der Waals surface area contributed by atoms with Gasteiger partial charge in [0.1, 0.15) is 12.1 Å². The molecule has 6 nitrogen and oxygen atoms in total. The van der Waals surface area contributed by atoms with Crippen molar-refractivity contribution < 1.29 is 9.59 Å². The molecular weight excluding hydrogens is 617 g/mol. The Morgan fingerprint density at radius 3 is 0.700 bits per heavy atom. The summed E-state index contributed by atoms with van der Waals surface area (Å²) in [5, 5.41) is 13.0. The zero-order chi connectivity index (χ0) is 34.2.